The highest BCUT2D eigenvalue weighted by Gasteiger charge is 2.12. The van der Waals surface area contributed by atoms with E-state index < -0.39 is 11.2 Å². The minimum Gasteiger partial charge on any atom is -0.612 e. The lowest BCUT2D eigenvalue weighted by Gasteiger charge is -2.11. The number of benzene rings is 1. The minimum atomic E-state index is -1.05. The second-order valence-electron chi connectivity index (χ2n) is 4.89. The van der Waals surface area contributed by atoms with Gasteiger partial charge in [-0.3, -0.25) is 0 Å². The van der Waals surface area contributed by atoms with Crippen LogP contribution in [-0.4, -0.2) is 32.5 Å². The summed E-state index contributed by atoms with van der Waals surface area (Å²) >= 11 is -1.05. The Bertz CT molecular complexity index is 816. The van der Waals surface area contributed by atoms with Crippen molar-refractivity contribution in [2.45, 2.75) is 11.8 Å². The normalized spacial score (nSPS) is 12.4. The first-order valence-corrected chi connectivity index (χ1v) is 8.24. The van der Waals surface area contributed by atoms with Crippen LogP contribution in [0.25, 0.3) is 5.65 Å². The molecule has 0 bridgehead atoms. The Morgan fingerprint density at radius 1 is 1.27 bits per heavy atom. The van der Waals surface area contributed by atoms with E-state index in [2.05, 4.69) is 15.4 Å². The summed E-state index contributed by atoms with van der Waals surface area (Å²) in [7, 11) is 1.57. The van der Waals surface area contributed by atoms with Gasteiger partial charge in [-0.25, -0.2) is 4.52 Å². The van der Waals surface area contributed by atoms with E-state index in [-0.39, 0.29) is 0 Å². The highest BCUT2D eigenvalue weighted by atomic mass is 32.2. The lowest BCUT2D eigenvalue weighted by Crippen LogP contribution is -2.01. The summed E-state index contributed by atoms with van der Waals surface area (Å²) in [6.45, 7) is 2.00. The standard InChI is InChI=1S/C15H16N4O2S/c1-10-4-7-14-17-15(18-19(14)9-10)16-12-6-5-11(22(3)20)8-13(12)21-2/h4-9H,1-3H3,(H,16,18)/t22-/m1/s1. The van der Waals surface area contributed by atoms with Gasteiger partial charge < -0.3 is 14.6 Å². The Balaban J connectivity index is 1.93. The number of aryl methyl sites for hydroxylation is 1. The Morgan fingerprint density at radius 3 is 2.82 bits per heavy atom. The number of pyridine rings is 1. The number of nitrogens with zero attached hydrogens (tertiary/aromatic N) is 3. The van der Waals surface area contributed by atoms with E-state index in [4.69, 9.17) is 4.74 Å². The van der Waals surface area contributed by atoms with Crippen molar-refractivity contribution in [3.63, 3.8) is 0 Å². The molecule has 114 valence electrons. The number of anilines is 2. The van der Waals surface area contributed by atoms with Gasteiger partial charge in [0.05, 0.1) is 12.8 Å². The molecule has 3 aromatic rings. The quantitative estimate of drug-likeness (QED) is 0.749. The van der Waals surface area contributed by atoms with E-state index in [0.29, 0.717) is 16.6 Å². The molecule has 0 spiro atoms. The molecule has 0 aliphatic rings. The molecule has 0 radical (unpaired) electrons. The average molecular weight is 316 g/mol. The Kier molecular flexibility index (Phi) is 3.91. The average Bonchev–Trinajstić information content (AvgIpc) is 2.88. The number of hydrogen-bond donors (Lipinski definition) is 1. The van der Waals surface area contributed by atoms with Crippen LogP contribution >= 0.6 is 0 Å². The third kappa shape index (κ3) is 2.86. The van der Waals surface area contributed by atoms with Gasteiger partial charge in [-0.1, -0.05) is 6.07 Å². The Labute approximate surface area is 131 Å². The molecule has 0 unspecified atom stereocenters. The second-order valence-corrected chi connectivity index (χ2v) is 6.27. The van der Waals surface area contributed by atoms with Gasteiger partial charge in [0.2, 0.25) is 5.95 Å². The fourth-order valence-corrected chi connectivity index (χ4v) is 2.65. The van der Waals surface area contributed by atoms with Gasteiger partial charge in [-0.05, 0) is 41.9 Å². The molecule has 1 N–H and O–H groups in total. The van der Waals surface area contributed by atoms with Crippen LogP contribution in [0.5, 0.6) is 5.75 Å². The van der Waals surface area contributed by atoms with E-state index in [1.54, 1.807) is 30.0 Å². The molecule has 0 aliphatic heterocycles. The zero-order valence-corrected chi connectivity index (χ0v) is 13.3. The molecule has 6 nitrogen and oxygen atoms in total. The molecule has 0 aliphatic carbocycles. The topological polar surface area (TPSA) is 74.5 Å². The van der Waals surface area contributed by atoms with Gasteiger partial charge in [0.1, 0.15) is 12.0 Å². The lowest BCUT2D eigenvalue weighted by molar-refractivity contribution is 0.415. The molecule has 3 rings (SSSR count). The Morgan fingerprint density at radius 2 is 2.09 bits per heavy atom. The van der Waals surface area contributed by atoms with Gasteiger partial charge in [0.25, 0.3) is 0 Å². The Hall–Kier alpha value is -2.25. The maximum absolute atomic E-state index is 11.5. The molecule has 2 heterocycles. The van der Waals surface area contributed by atoms with Crippen molar-refractivity contribution in [2.75, 3.05) is 18.7 Å². The van der Waals surface area contributed by atoms with E-state index in [9.17, 15) is 4.55 Å². The number of methoxy groups -OCH3 is 1. The molecule has 0 saturated heterocycles. The van der Waals surface area contributed by atoms with Gasteiger partial charge in [0.15, 0.2) is 10.5 Å². The summed E-state index contributed by atoms with van der Waals surface area (Å²) in [5.41, 5.74) is 2.60. The number of rotatable bonds is 4. The van der Waals surface area contributed by atoms with Crippen molar-refractivity contribution in [3.8, 4) is 5.75 Å². The summed E-state index contributed by atoms with van der Waals surface area (Å²) < 4.78 is 18.6. The zero-order chi connectivity index (χ0) is 15.7. The maximum Gasteiger partial charge on any atom is 0.247 e. The zero-order valence-electron chi connectivity index (χ0n) is 12.5. The van der Waals surface area contributed by atoms with Gasteiger partial charge in [0, 0.05) is 12.3 Å². The second kappa shape index (κ2) is 5.86. The van der Waals surface area contributed by atoms with Crippen LogP contribution in [0.4, 0.5) is 11.6 Å². The van der Waals surface area contributed by atoms with E-state index in [1.165, 1.54) is 0 Å². The highest BCUT2D eigenvalue weighted by Crippen LogP contribution is 2.29. The minimum absolute atomic E-state index is 0.481. The first kappa shape index (κ1) is 14.7. The molecule has 1 aromatic carbocycles. The maximum atomic E-state index is 11.5. The van der Waals surface area contributed by atoms with Crippen molar-refractivity contribution in [1.82, 2.24) is 14.6 Å². The number of aromatic nitrogens is 3. The van der Waals surface area contributed by atoms with Crippen LogP contribution in [0.3, 0.4) is 0 Å². The SMILES string of the molecule is COc1cc([S@@+](C)[O-])ccc1Nc1nc2ccc(C)cn2n1. The lowest BCUT2D eigenvalue weighted by atomic mass is 10.3. The van der Waals surface area contributed by atoms with Crippen LogP contribution in [-0.2, 0) is 11.2 Å². The first-order valence-electron chi connectivity index (χ1n) is 6.68. The largest absolute Gasteiger partial charge is 0.612 e. The van der Waals surface area contributed by atoms with E-state index >= 15 is 0 Å². The predicted molar refractivity (Wildman–Crippen MR) is 86.3 cm³/mol. The highest BCUT2D eigenvalue weighted by molar-refractivity contribution is 7.90. The summed E-state index contributed by atoms with van der Waals surface area (Å²) in [6.07, 6.45) is 3.54. The van der Waals surface area contributed by atoms with Crippen LogP contribution < -0.4 is 10.1 Å². The molecule has 2 aromatic heterocycles. The third-order valence-corrected chi connectivity index (χ3v) is 4.15. The third-order valence-electron chi connectivity index (χ3n) is 3.23. The van der Waals surface area contributed by atoms with Crippen molar-refractivity contribution in [2.24, 2.45) is 0 Å². The molecular weight excluding hydrogens is 300 g/mol. The molecule has 0 amide bonds. The van der Waals surface area contributed by atoms with Crippen LogP contribution in [0.15, 0.2) is 41.4 Å². The van der Waals surface area contributed by atoms with Gasteiger partial charge in [-0.15, -0.1) is 5.10 Å². The molecule has 0 saturated carbocycles. The number of ether oxygens (including phenoxy) is 1. The predicted octanol–water partition coefficient (Wildman–Crippen LogP) is 2.53. The fourth-order valence-electron chi connectivity index (χ4n) is 2.11. The summed E-state index contributed by atoms with van der Waals surface area (Å²) in [5.74, 6) is 1.08. The number of nitrogens with one attached hydrogen (secondary N) is 1. The molecular formula is C15H16N4O2S. The number of fused-ring (bicyclic) bond motifs is 1. The molecule has 22 heavy (non-hydrogen) atoms. The fraction of sp³-hybridized carbons (Fsp3) is 0.200. The summed E-state index contributed by atoms with van der Waals surface area (Å²) in [6, 6.07) is 9.25. The molecule has 7 heteroatoms. The number of hydrogen-bond acceptors (Lipinski definition) is 5. The van der Waals surface area contributed by atoms with Crippen molar-refractivity contribution >= 4 is 28.5 Å². The van der Waals surface area contributed by atoms with E-state index in [1.807, 2.05) is 31.3 Å². The van der Waals surface area contributed by atoms with Crippen molar-refractivity contribution in [3.05, 3.63) is 42.1 Å². The molecule has 0 fully saturated rings. The van der Waals surface area contributed by atoms with E-state index in [0.717, 1.165) is 16.9 Å². The summed E-state index contributed by atoms with van der Waals surface area (Å²) in [4.78, 5) is 5.12. The van der Waals surface area contributed by atoms with Crippen molar-refractivity contribution in [1.29, 1.82) is 0 Å². The first-order chi connectivity index (χ1) is 10.6. The van der Waals surface area contributed by atoms with Crippen LogP contribution in [0, 0.1) is 6.92 Å². The van der Waals surface area contributed by atoms with Gasteiger partial charge in [-0.2, -0.15) is 4.98 Å². The monoisotopic (exact) mass is 316 g/mol. The molecule has 1 atom stereocenters. The van der Waals surface area contributed by atoms with Gasteiger partial charge >= 0.3 is 0 Å². The smallest absolute Gasteiger partial charge is 0.247 e. The van der Waals surface area contributed by atoms with Crippen molar-refractivity contribution < 1.29 is 9.29 Å². The summed E-state index contributed by atoms with van der Waals surface area (Å²) in [5, 5.41) is 7.51. The van der Waals surface area contributed by atoms with Crippen LogP contribution in [0.1, 0.15) is 5.56 Å². The van der Waals surface area contributed by atoms with Crippen LogP contribution in [0.2, 0.25) is 0 Å².